The average Bonchev–Trinajstić information content (AvgIpc) is 2.03. The van der Waals surface area contributed by atoms with Crippen LogP contribution in [0.25, 0.3) is 0 Å². The van der Waals surface area contributed by atoms with Gasteiger partial charge < -0.3 is 5.32 Å². The molecule has 1 N–H and O–H groups in total. The molecule has 0 bridgehead atoms. The van der Waals surface area contributed by atoms with Crippen molar-refractivity contribution >= 4 is 0 Å². The maximum atomic E-state index is 3.42. The topological polar surface area (TPSA) is 12.0 Å². The molecule has 10 heavy (non-hydrogen) atoms. The molecule has 58 valence electrons. The molecule has 0 saturated carbocycles. The van der Waals surface area contributed by atoms with E-state index in [1.54, 1.807) is 0 Å². The molecule has 1 heterocycles. The zero-order valence-electron chi connectivity index (χ0n) is 6.82. The highest BCUT2D eigenvalue weighted by molar-refractivity contribution is 5.01. The highest BCUT2D eigenvalue weighted by atomic mass is 14.9. The predicted octanol–water partition coefficient (Wildman–Crippen LogP) is 2.44. The van der Waals surface area contributed by atoms with Gasteiger partial charge in [-0.25, -0.2) is 0 Å². The third kappa shape index (κ3) is 2.42. The molecular weight excluding hydrogens is 122 g/mol. The molecule has 0 aliphatic carbocycles. The van der Waals surface area contributed by atoms with Crippen LogP contribution in [-0.2, 0) is 0 Å². The van der Waals surface area contributed by atoms with E-state index in [1.807, 2.05) is 0 Å². The van der Waals surface area contributed by atoms with Gasteiger partial charge in [0.15, 0.2) is 0 Å². The highest BCUT2D eigenvalue weighted by Crippen LogP contribution is 2.10. The molecule has 0 radical (unpaired) electrons. The lowest BCUT2D eigenvalue weighted by molar-refractivity contribution is 0.584. The van der Waals surface area contributed by atoms with Gasteiger partial charge in [0.2, 0.25) is 0 Å². The van der Waals surface area contributed by atoms with Crippen molar-refractivity contribution in [2.75, 3.05) is 6.54 Å². The summed E-state index contributed by atoms with van der Waals surface area (Å²) >= 11 is 0. The summed E-state index contributed by atoms with van der Waals surface area (Å²) in [5, 5.41) is 3.42. The lowest BCUT2D eigenvalue weighted by atomic mass is 10.1. The van der Waals surface area contributed by atoms with Crippen LogP contribution in [0.2, 0.25) is 0 Å². The van der Waals surface area contributed by atoms with Gasteiger partial charge in [0.1, 0.15) is 0 Å². The van der Waals surface area contributed by atoms with E-state index in [9.17, 15) is 0 Å². The second-order valence-electron chi connectivity index (χ2n) is 2.90. The van der Waals surface area contributed by atoms with Crippen LogP contribution in [-0.4, -0.2) is 6.54 Å². The monoisotopic (exact) mass is 139 g/mol. The number of hydrogen-bond acceptors (Lipinski definition) is 1. The van der Waals surface area contributed by atoms with E-state index in [1.165, 1.54) is 44.3 Å². The number of unbranched alkanes of at least 4 members (excludes halogenated alkanes) is 1. The Labute approximate surface area is 63.5 Å². The van der Waals surface area contributed by atoms with E-state index in [-0.39, 0.29) is 0 Å². The van der Waals surface area contributed by atoms with Crippen molar-refractivity contribution in [3.05, 3.63) is 11.8 Å². The van der Waals surface area contributed by atoms with Crippen molar-refractivity contribution in [3.63, 3.8) is 0 Å². The van der Waals surface area contributed by atoms with E-state index in [0.717, 1.165) is 0 Å². The highest BCUT2D eigenvalue weighted by Gasteiger charge is 2.01. The maximum absolute atomic E-state index is 3.42. The fraction of sp³-hybridized carbons (Fsp3) is 0.778. The number of rotatable bonds is 2. The summed E-state index contributed by atoms with van der Waals surface area (Å²) in [4.78, 5) is 0. The minimum atomic E-state index is 1.19. The smallest absolute Gasteiger partial charge is 0.0143 e. The SMILES string of the molecule is CCCC=C1CCCCN1. The Morgan fingerprint density at radius 1 is 1.50 bits per heavy atom. The molecule has 1 aliphatic rings. The molecular formula is C9H17N. The Hall–Kier alpha value is -0.460. The van der Waals surface area contributed by atoms with Crippen molar-refractivity contribution in [1.29, 1.82) is 0 Å². The van der Waals surface area contributed by atoms with Crippen LogP contribution >= 0.6 is 0 Å². The first-order valence-corrected chi connectivity index (χ1v) is 4.36. The molecule has 0 aromatic rings. The minimum absolute atomic E-state index is 1.19. The Morgan fingerprint density at radius 2 is 2.40 bits per heavy atom. The summed E-state index contributed by atoms with van der Waals surface area (Å²) in [6.07, 6.45) is 8.86. The number of piperidine rings is 1. The predicted molar refractivity (Wildman–Crippen MR) is 44.8 cm³/mol. The summed E-state index contributed by atoms with van der Waals surface area (Å²) in [7, 11) is 0. The number of allylic oxidation sites excluding steroid dienone is 2. The van der Waals surface area contributed by atoms with Gasteiger partial charge in [-0.15, -0.1) is 0 Å². The van der Waals surface area contributed by atoms with Gasteiger partial charge in [0.25, 0.3) is 0 Å². The fourth-order valence-corrected chi connectivity index (χ4v) is 1.27. The van der Waals surface area contributed by atoms with Crippen molar-refractivity contribution in [2.45, 2.75) is 39.0 Å². The van der Waals surface area contributed by atoms with Crippen LogP contribution < -0.4 is 5.32 Å². The first-order chi connectivity index (χ1) is 4.93. The van der Waals surface area contributed by atoms with Crippen LogP contribution in [0.4, 0.5) is 0 Å². The van der Waals surface area contributed by atoms with E-state index in [2.05, 4.69) is 18.3 Å². The second kappa shape index (κ2) is 4.37. The van der Waals surface area contributed by atoms with E-state index in [0.29, 0.717) is 0 Å². The first kappa shape index (κ1) is 7.64. The average molecular weight is 139 g/mol. The lowest BCUT2D eigenvalue weighted by Gasteiger charge is -2.16. The minimum Gasteiger partial charge on any atom is -0.389 e. The van der Waals surface area contributed by atoms with E-state index < -0.39 is 0 Å². The Balaban J connectivity index is 2.23. The normalized spacial score (nSPS) is 22.7. The molecule has 1 nitrogen and oxygen atoms in total. The van der Waals surface area contributed by atoms with Crippen molar-refractivity contribution in [1.82, 2.24) is 5.32 Å². The lowest BCUT2D eigenvalue weighted by Crippen LogP contribution is -2.19. The summed E-state index contributed by atoms with van der Waals surface area (Å²) < 4.78 is 0. The van der Waals surface area contributed by atoms with E-state index in [4.69, 9.17) is 0 Å². The number of nitrogens with one attached hydrogen (secondary N) is 1. The zero-order chi connectivity index (χ0) is 7.23. The Kier molecular flexibility index (Phi) is 3.34. The fourth-order valence-electron chi connectivity index (χ4n) is 1.27. The molecule has 0 atom stereocenters. The Bertz CT molecular complexity index is 108. The number of hydrogen-bond donors (Lipinski definition) is 1. The third-order valence-corrected chi connectivity index (χ3v) is 1.90. The summed E-state index contributed by atoms with van der Waals surface area (Å²) in [6, 6.07) is 0. The molecule has 0 spiro atoms. The van der Waals surface area contributed by atoms with Crippen molar-refractivity contribution in [2.24, 2.45) is 0 Å². The van der Waals surface area contributed by atoms with Gasteiger partial charge in [0, 0.05) is 12.2 Å². The van der Waals surface area contributed by atoms with Crippen LogP contribution in [0.5, 0.6) is 0 Å². The molecule has 1 rings (SSSR count). The molecule has 0 aromatic carbocycles. The maximum Gasteiger partial charge on any atom is 0.0143 e. The first-order valence-electron chi connectivity index (χ1n) is 4.36. The quantitative estimate of drug-likeness (QED) is 0.619. The summed E-state index contributed by atoms with van der Waals surface area (Å²) in [6.45, 7) is 3.41. The van der Waals surface area contributed by atoms with Gasteiger partial charge in [0.05, 0.1) is 0 Å². The van der Waals surface area contributed by atoms with Crippen LogP contribution in [0.3, 0.4) is 0 Å². The summed E-state index contributed by atoms with van der Waals surface area (Å²) in [5.41, 5.74) is 1.48. The molecule has 1 saturated heterocycles. The van der Waals surface area contributed by atoms with Gasteiger partial charge in [-0.3, -0.25) is 0 Å². The Morgan fingerprint density at radius 3 is 3.00 bits per heavy atom. The molecule has 1 heteroatoms. The van der Waals surface area contributed by atoms with Crippen LogP contribution in [0.15, 0.2) is 11.8 Å². The van der Waals surface area contributed by atoms with Crippen LogP contribution in [0, 0.1) is 0 Å². The van der Waals surface area contributed by atoms with Gasteiger partial charge >= 0.3 is 0 Å². The second-order valence-corrected chi connectivity index (χ2v) is 2.90. The van der Waals surface area contributed by atoms with Crippen molar-refractivity contribution < 1.29 is 0 Å². The molecule has 1 fully saturated rings. The van der Waals surface area contributed by atoms with Gasteiger partial charge in [-0.2, -0.15) is 0 Å². The molecule has 0 amide bonds. The summed E-state index contributed by atoms with van der Waals surface area (Å²) in [5.74, 6) is 0. The molecule has 1 aliphatic heterocycles. The largest absolute Gasteiger partial charge is 0.389 e. The zero-order valence-corrected chi connectivity index (χ0v) is 6.82. The molecule has 0 unspecified atom stereocenters. The van der Waals surface area contributed by atoms with Gasteiger partial charge in [-0.05, 0) is 25.7 Å². The van der Waals surface area contributed by atoms with Gasteiger partial charge in [-0.1, -0.05) is 19.4 Å². The van der Waals surface area contributed by atoms with Crippen LogP contribution in [0.1, 0.15) is 39.0 Å². The third-order valence-electron chi connectivity index (χ3n) is 1.90. The standard InChI is InChI=1S/C9H17N/c1-2-3-6-9-7-4-5-8-10-9/h6,10H,2-5,7-8H2,1H3. The molecule has 0 aromatic heterocycles. The van der Waals surface area contributed by atoms with Crippen molar-refractivity contribution in [3.8, 4) is 0 Å². The van der Waals surface area contributed by atoms with E-state index >= 15 is 0 Å².